The van der Waals surface area contributed by atoms with Crippen LogP contribution in [0.2, 0.25) is 0 Å². The minimum absolute atomic E-state index is 0.148. The number of aromatic nitrogens is 3. The molecule has 0 spiro atoms. The van der Waals surface area contributed by atoms with E-state index in [0.29, 0.717) is 76.6 Å². The Morgan fingerprint density at radius 3 is 0.986 bits per heavy atom. The molecule has 0 unspecified atom stereocenters. The highest BCUT2D eigenvalue weighted by Gasteiger charge is 2.29. The summed E-state index contributed by atoms with van der Waals surface area (Å²) in [6.07, 6.45) is 12.3. The number of ether oxygens (including phenoxy) is 6. The third-order valence-corrected chi connectivity index (χ3v) is 13.0. The molecule has 3 atom stereocenters. The fourth-order valence-corrected chi connectivity index (χ4v) is 9.08. The van der Waals surface area contributed by atoms with Gasteiger partial charge in [-0.3, -0.25) is 15.0 Å². The van der Waals surface area contributed by atoms with E-state index in [4.69, 9.17) is 43.4 Å². The van der Waals surface area contributed by atoms with Crippen molar-refractivity contribution in [2.24, 2.45) is 15.0 Å². The Morgan fingerprint density at radius 1 is 0.406 bits per heavy atom. The molecule has 12 nitrogen and oxygen atoms in total. The Hall–Kier alpha value is -7.86. The predicted molar refractivity (Wildman–Crippen MR) is 265 cm³/mol. The standard InChI is InChI=1S/C57H54N6O6/c1-37-49(28-55-61-52(34-67-55)43-7-4-10-46(25-43)64-31-40-13-19-58-20-14-40)38(2)51(30-57-63-54(36-69-57)45-9-6-12-48(27-45)66-33-42-17-23-60-24-18-42)39(3)50(37)29-56-62-53(35-68-56)44-8-5-11-47(26-44)65-32-41-15-21-59-22-16-41/h4-27,52-54H,28-36H2,1-3H3/t52-,53-,54-/m1/s1. The Balaban J connectivity index is 0.901. The summed E-state index contributed by atoms with van der Waals surface area (Å²) in [5, 5.41) is 0. The highest BCUT2D eigenvalue weighted by Crippen LogP contribution is 2.35. The normalized spacial score (nSPS) is 17.3. The van der Waals surface area contributed by atoms with Crippen LogP contribution in [0.15, 0.2) is 161 Å². The maximum absolute atomic E-state index is 6.39. The van der Waals surface area contributed by atoms with Crippen molar-refractivity contribution >= 4 is 17.7 Å². The Labute approximate surface area is 402 Å². The van der Waals surface area contributed by atoms with Crippen LogP contribution in [0.25, 0.3) is 0 Å². The molecule has 3 aliphatic rings. The maximum atomic E-state index is 6.39. The SMILES string of the molecule is Cc1c(CC2=N[C@@H](c3cccc(OCc4ccncc4)c3)CO2)c(C)c(CC2=N[C@@H](c3cccc(OCc4ccncc4)c3)CO2)c(C)c1CC1=N[C@@H](c2cccc(OCc3ccncc3)c2)CO1. The molecular weight excluding hydrogens is 865 g/mol. The number of aliphatic imine (C=N–C) groups is 3. The van der Waals surface area contributed by atoms with Crippen LogP contribution in [0.4, 0.5) is 0 Å². The van der Waals surface area contributed by atoms with Crippen LogP contribution in [0.1, 0.15) is 84.9 Å². The van der Waals surface area contributed by atoms with Gasteiger partial charge in [0, 0.05) is 56.4 Å². The molecule has 6 heterocycles. The molecule has 3 aliphatic heterocycles. The summed E-state index contributed by atoms with van der Waals surface area (Å²) < 4.78 is 37.6. The second-order valence-electron chi connectivity index (χ2n) is 17.5. The smallest absolute Gasteiger partial charge is 0.188 e. The number of hydrogen-bond donors (Lipinski definition) is 0. The van der Waals surface area contributed by atoms with Gasteiger partial charge in [-0.1, -0.05) is 36.4 Å². The van der Waals surface area contributed by atoms with Crippen LogP contribution >= 0.6 is 0 Å². The van der Waals surface area contributed by atoms with Crippen LogP contribution in [-0.4, -0.2) is 52.5 Å². The predicted octanol–water partition coefficient (Wildman–Crippen LogP) is 10.7. The first-order valence-electron chi connectivity index (χ1n) is 23.4. The van der Waals surface area contributed by atoms with E-state index in [-0.39, 0.29) is 18.1 Å². The molecule has 3 aromatic heterocycles. The van der Waals surface area contributed by atoms with E-state index in [2.05, 4.69) is 72.1 Å². The van der Waals surface area contributed by atoms with Gasteiger partial charge in [-0.05, 0) is 160 Å². The average molecular weight is 919 g/mol. The first kappa shape index (κ1) is 44.9. The molecule has 0 saturated carbocycles. The number of rotatable bonds is 18. The van der Waals surface area contributed by atoms with Crippen LogP contribution in [-0.2, 0) is 53.3 Å². The fourth-order valence-electron chi connectivity index (χ4n) is 9.08. The van der Waals surface area contributed by atoms with Gasteiger partial charge in [0.15, 0.2) is 17.7 Å². The lowest BCUT2D eigenvalue weighted by atomic mass is 9.84. The number of pyridine rings is 3. The second kappa shape index (κ2) is 21.0. The second-order valence-corrected chi connectivity index (χ2v) is 17.5. The highest BCUT2D eigenvalue weighted by atomic mass is 16.5. The van der Waals surface area contributed by atoms with Crippen molar-refractivity contribution in [2.45, 2.75) is 78.0 Å². The van der Waals surface area contributed by atoms with Gasteiger partial charge in [-0.25, -0.2) is 15.0 Å². The van der Waals surface area contributed by atoms with Gasteiger partial charge in [-0.15, -0.1) is 0 Å². The van der Waals surface area contributed by atoms with E-state index in [0.717, 1.165) is 50.6 Å². The zero-order valence-electron chi connectivity index (χ0n) is 39.1. The summed E-state index contributed by atoms with van der Waals surface area (Å²) in [5.74, 6) is 4.48. The largest absolute Gasteiger partial charge is 0.489 e. The fraction of sp³-hybridized carbons (Fsp3) is 0.263. The van der Waals surface area contributed by atoms with E-state index in [1.807, 2.05) is 72.8 Å². The zero-order valence-corrected chi connectivity index (χ0v) is 39.1. The molecule has 348 valence electrons. The Kier molecular flexibility index (Phi) is 13.7. The first-order valence-corrected chi connectivity index (χ1v) is 23.4. The number of nitrogens with zero attached hydrogens (tertiary/aromatic N) is 6. The maximum Gasteiger partial charge on any atom is 0.188 e. The summed E-state index contributed by atoms with van der Waals surface area (Å²) in [6.45, 7) is 9.34. The molecule has 12 heteroatoms. The molecule has 69 heavy (non-hydrogen) atoms. The van der Waals surface area contributed by atoms with Crippen molar-refractivity contribution in [3.05, 3.63) is 213 Å². The Morgan fingerprint density at radius 2 is 0.696 bits per heavy atom. The summed E-state index contributed by atoms with van der Waals surface area (Å²) in [7, 11) is 0. The van der Waals surface area contributed by atoms with E-state index < -0.39 is 0 Å². The molecule has 0 aliphatic carbocycles. The van der Waals surface area contributed by atoms with Gasteiger partial charge < -0.3 is 28.4 Å². The average Bonchev–Trinajstić information content (AvgIpc) is 4.20. The quantitative estimate of drug-likeness (QED) is 0.0825. The van der Waals surface area contributed by atoms with Gasteiger partial charge in [0.05, 0.1) is 0 Å². The molecule has 0 radical (unpaired) electrons. The van der Waals surface area contributed by atoms with Crippen LogP contribution in [0, 0.1) is 20.8 Å². The molecule has 0 bridgehead atoms. The van der Waals surface area contributed by atoms with Gasteiger partial charge in [0.25, 0.3) is 0 Å². The van der Waals surface area contributed by atoms with E-state index in [1.54, 1.807) is 37.2 Å². The zero-order chi connectivity index (χ0) is 46.9. The summed E-state index contributed by atoms with van der Waals surface area (Å²) >= 11 is 0. The lowest BCUT2D eigenvalue weighted by Crippen LogP contribution is -2.16. The minimum Gasteiger partial charge on any atom is -0.489 e. The van der Waals surface area contributed by atoms with E-state index in [9.17, 15) is 0 Å². The molecule has 0 fully saturated rings. The molecular formula is C57H54N6O6. The molecule has 7 aromatic rings. The van der Waals surface area contributed by atoms with Gasteiger partial charge in [0.1, 0.15) is 75.0 Å². The lowest BCUT2D eigenvalue weighted by Gasteiger charge is -2.22. The third-order valence-electron chi connectivity index (χ3n) is 13.0. The summed E-state index contributed by atoms with van der Waals surface area (Å²) in [4.78, 5) is 27.8. The van der Waals surface area contributed by atoms with Crippen LogP contribution in [0.5, 0.6) is 17.2 Å². The minimum atomic E-state index is -0.148. The summed E-state index contributed by atoms with van der Waals surface area (Å²) in [6, 6.07) is 35.7. The van der Waals surface area contributed by atoms with Crippen molar-refractivity contribution in [2.75, 3.05) is 19.8 Å². The van der Waals surface area contributed by atoms with Gasteiger partial charge in [0.2, 0.25) is 0 Å². The van der Waals surface area contributed by atoms with Gasteiger partial charge >= 0.3 is 0 Å². The van der Waals surface area contributed by atoms with E-state index in [1.165, 1.54) is 33.4 Å². The molecule has 10 rings (SSSR count). The topological polar surface area (TPSA) is 131 Å². The lowest BCUT2D eigenvalue weighted by molar-refractivity contribution is 0.302. The van der Waals surface area contributed by atoms with Crippen LogP contribution in [0.3, 0.4) is 0 Å². The first-order chi connectivity index (χ1) is 33.9. The Bertz CT molecular complexity index is 2660. The molecule has 4 aromatic carbocycles. The molecule has 0 amide bonds. The van der Waals surface area contributed by atoms with Crippen LogP contribution < -0.4 is 14.2 Å². The third kappa shape index (κ3) is 11.0. The number of benzene rings is 4. The van der Waals surface area contributed by atoms with Crippen molar-refractivity contribution in [1.82, 2.24) is 15.0 Å². The molecule has 0 N–H and O–H groups in total. The van der Waals surface area contributed by atoms with Crippen molar-refractivity contribution in [3.8, 4) is 17.2 Å². The van der Waals surface area contributed by atoms with Crippen molar-refractivity contribution in [1.29, 1.82) is 0 Å². The van der Waals surface area contributed by atoms with E-state index >= 15 is 0 Å². The van der Waals surface area contributed by atoms with Gasteiger partial charge in [-0.2, -0.15) is 0 Å². The highest BCUT2D eigenvalue weighted by molar-refractivity contribution is 5.86. The molecule has 0 saturated heterocycles. The van der Waals surface area contributed by atoms with Crippen molar-refractivity contribution < 1.29 is 28.4 Å². The number of hydrogen-bond acceptors (Lipinski definition) is 12. The van der Waals surface area contributed by atoms with Crippen molar-refractivity contribution in [3.63, 3.8) is 0 Å². The summed E-state index contributed by atoms with van der Waals surface area (Å²) in [5.41, 5.74) is 13.3. The monoisotopic (exact) mass is 918 g/mol.